The molecule has 41 heavy (non-hydrogen) atoms. The lowest BCUT2D eigenvalue weighted by molar-refractivity contribution is -0.142. The van der Waals surface area contributed by atoms with Gasteiger partial charge in [0.2, 0.25) is 23.6 Å². The first-order chi connectivity index (χ1) is 19.6. The fourth-order valence-electron chi connectivity index (χ4n) is 4.24. The topological polar surface area (TPSA) is 230 Å². The SMILES string of the molecule is NC(=O)CCC(NC(=O)C(Cc1c[nH]c2ccccc12)NC(=O)C(Cc1ccccc1)NC(=O)C(N)CO)C(=O)O. The maximum absolute atomic E-state index is 13.5. The minimum absolute atomic E-state index is 0.0219. The zero-order valence-corrected chi connectivity index (χ0v) is 22.2. The van der Waals surface area contributed by atoms with E-state index in [0.717, 1.165) is 10.9 Å². The van der Waals surface area contributed by atoms with Crippen LogP contribution in [0.4, 0.5) is 0 Å². The fourth-order valence-corrected chi connectivity index (χ4v) is 4.24. The van der Waals surface area contributed by atoms with Gasteiger partial charge >= 0.3 is 5.97 Å². The second-order valence-electron chi connectivity index (χ2n) is 9.57. The number of benzene rings is 2. The number of carbonyl (C=O) groups is 5. The first kappa shape index (κ1) is 30.8. The Morgan fingerprint density at radius 3 is 2.02 bits per heavy atom. The number of para-hydroxylation sites is 1. The van der Waals surface area contributed by atoms with Gasteiger partial charge in [-0.15, -0.1) is 0 Å². The lowest BCUT2D eigenvalue weighted by atomic mass is 10.0. The van der Waals surface area contributed by atoms with Gasteiger partial charge in [-0.1, -0.05) is 48.5 Å². The molecule has 0 radical (unpaired) electrons. The molecule has 1 aromatic heterocycles. The molecule has 10 N–H and O–H groups in total. The summed E-state index contributed by atoms with van der Waals surface area (Å²) < 4.78 is 0. The second kappa shape index (κ2) is 14.6. The van der Waals surface area contributed by atoms with Crippen molar-refractivity contribution in [2.24, 2.45) is 11.5 Å². The number of primary amides is 1. The molecular weight excluding hydrogens is 532 g/mol. The number of rotatable bonds is 15. The van der Waals surface area contributed by atoms with E-state index in [-0.39, 0.29) is 25.7 Å². The number of carboxylic acid groups (broad SMARTS) is 1. The number of aromatic amines is 1. The molecule has 3 aromatic rings. The Balaban J connectivity index is 1.89. The van der Waals surface area contributed by atoms with Crippen LogP contribution in [-0.4, -0.2) is 75.6 Å². The summed E-state index contributed by atoms with van der Waals surface area (Å²) in [6.07, 6.45) is 1.20. The van der Waals surface area contributed by atoms with Gasteiger partial charge in [-0.05, 0) is 23.6 Å². The molecule has 4 unspecified atom stereocenters. The average Bonchev–Trinajstić information content (AvgIpc) is 3.36. The number of aliphatic hydroxyl groups is 1. The highest BCUT2D eigenvalue weighted by atomic mass is 16.4. The quantitative estimate of drug-likeness (QED) is 0.114. The number of carbonyl (C=O) groups excluding carboxylic acids is 4. The maximum atomic E-state index is 13.5. The minimum atomic E-state index is -1.43. The number of aliphatic hydroxyl groups excluding tert-OH is 1. The summed E-state index contributed by atoms with van der Waals surface area (Å²) in [5.41, 5.74) is 13.0. The van der Waals surface area contributed by atoms with Gasteiger partial charge in [0.1, 0.15) is 24.2 Å². The Kier molecular flexibility index (Phi) is 11.0. The molecule has 2 aromatic carbocycles. The summed E-state index contributed by atoms with van der Waals surface area (Å²) in [6, 6.07) is 11.0. The maximum Gasteiger partial charge on any atom is 0.326 e. The summed E-state index contributed by atoms with van der Waals surface area (Å²) in [4.78, 5) is 65.5. The summed E-state index contributed by atoms with van der Waals surface area (Å²) in [5.74, 6) is -4.40. The number of nitrogens with two attached hydrogens (primary N) is 2. The van der Waals surface area contributed by atoms with Crippen molar-refractivity contribution in [2.75, 3.05) is 6.61 Å². The van der Waals surface area contributed by atoms with Crippen molar-refractivity contribution in [3.05, 3.63) is 71.9 Å². The summed E-state index contributed by atoms with van der Waals surface area (Å²) in [5, 5.41) is 27.2. The van der Waals surface area contributed by atoms with Crippen LogP contribution in [0.25, 0.3) is 10.9 Å². The molecule has 0 aliphatic carbocycles. The number of aromatic nitrogens is 1. The first-order valence-corrected chi connectivity index (χ1v) is 13.0. The smallest absolute Gasteiger partial charge is 0.326 e. The van der Waals surface area contributed by atoms with E-state index in [4.69, 9.17) is 11.5 Å². The molecule has 4 amide bonds. The molecule has 13 heteroatoms. The van der Waals surface area contributed by atoms with Gasteiger partial charge in [-0.3, -0.25) is 19.2 Å². The van der Waals surface area contributed by atoms with Crippen molar-refractivity contribution in [3.63, 3.8) is 0 Å². The highest BCUT2D eigenvalue weighted by Gasteiger charge is 2.31. The van der Waals surface area contributed by atoms with E-state index >= 15 is 0 Å². The first-order valence-electron chi connectivity index (χ1n) is 13.0. The lowest BCUT2D eigenvalue weighted by Crippen LogP contribution is -2.58. The van der Waals surface area contributed by atoms with Crippen LogP contribution in [0.1, 0.15) is 24.0 Å². The zero-order valence-electron chi connectivity index (χ0n) is 22.2. The van der Waals surface area contributed by atoms with E-state index in [1.54, 1.807) is 36.5 Å². The Labute approximate surface area is 235 Å². The Morgan fingerprint density at radius 2 is 1.39 bits per heavy atom. The number of aliphatic carboxylic acids is 1. The average molecular weight is 567 g/mol. The summed E-state index contributed by atoms with van der Waals surface area (Å²) >= 11 is 0. The van der Waals surface area contributed by atoms with Crippen LogP contribution in [0.5, 0.6) is 0 Å². The van der Waals surface area contributed by atoms with E-state index in [1.165, 1.54) is 0 Å². The highest BCUT2D eigenvalue weighted by Crippen LogP contribution is 2.19. The highest BCUT2D eigenvalue weighted by molar-refractivity contribution is 5.95. The van der Waals surface area contributed by atoms with Gasteiger partial charge in [-0.25, -0.2) is 4.79 Å². The van der Waals surface area contributed by atoms with E-state index in [9.17, 15) is 34.2 Å². The third-order valence-electron chi connectivity index (χ3n) is 6.48. The molecule has 218 valence electrons. The standard InChI is InChI=1S/C28H34N6O7/c29-19(15-35)25(37)33-22(12-16-6-2-1-3-7-16)26(38)34-23(13-17-14-31-20-9-5-4-8-18(17)20)27(39)32-21(28(40)41)10-11-24(30)36/h1-9,14,19,21-23,31,35H,10-13,15,29H2,(H2,30,36)(H,32,39)(H,33,37)(H,34,38)(H,40,41). The molecule has 0 aliphatic heterocycles. The second-order valence-corrected chi connectivity index (χ2v) is 9.57. The molecule has 4 atom stereocenters. The molecule has 0 spiro atoms. The van der Waals surface area contributed by atoms with E-state index in [1.807, 2.05) is 24.3 Å². The van der Waals surface area contributed by atoms with Gasteiger partial charge in [0.25, 0.3) is 0 Å². The Morgan fingerprint density at radius 1 is 0.805 bits per heavy atom. The number of H-pyrrole nitrogens is 1. The zero-order chi connectivity index (χ0) is 29.9. The van der Waals surface area contributed by atoms with E-state index < -0.39 is 60.4 Å². The molecule has 13 nitrogen and oxygen atoms in total. The van der Waals surface area contributed by atoms with Crippen LogP contribution in [0.15, 0.2) is 60.8 Å². The Bertz CT molecular complexity index is 1380. The number of carboxylic acids is 1. The lowest BCUT2D eigenvalue weighted by Gasteiger charge is -2.25. The normalized spacial score (nSPS) is 13.9. The van der Waals surface area contributed by atoms with Crippen molar-refractivity contribution >= 4 is 40.5 Å². The molecular formula is C28H34N6O7. The van der Waals surface area contributed by atoms with Crippen LogP contribution in [0, 0.1) is 0 Å². The van der Waals surface area contributed by atoms with Gasteiger partial charge in [-0.2, -0.15) is 0 Å². The van der Waals surface area contributed by atoms with Crippen LogP contribution in [0.2, 0.25) is 0 Å². The van der Waals surface area contributed by atoms with Gasteiger partial charge < -0.3 is 42.6 Å². The number of hydrogen-bond acceptors (Lipinski definition) is 7. The molecule has 0 bridgehead atoms. The predicted octanol–water partition coefficient (Wildman–Crippen LogP) is -0.923. The molecule has 0 aliphatic rings. The number of fused-ring (bicyclic) bond motifs is 1. The number of amides is 4. The fraction of sp³-hybridized carbons (Fsp3) is 0.321. The van der Waals surface area contributed by atoms with Gasteiger partial charge in [0, 0.05) is 36.4 Å². The number of hydrogen-bond donors (Lipinski definition) is 8. The van der Waals surface area contributed by atoms with Crippen LogP contribution in [0.3, 0.4) is 0 Å². The van der Waals surface area contributed by atoms with Crippen LogP contribution < -0.4 is 27.4 Å². The molecule has 1 heterocycles. The van der Waals surface area contributed by atoms with Crippen molar-refractivity contribution in [1.82, 2.24) is 20.9 Å². The largest absolute Gasteiger partial charge is 0.480 e. The molecule has 0 fully saturated rings. The van der Waals surface area contributed by atoms with E-state index in [0.29, 0.717) is 11.1 Å². The third kappa shape index (κ3) is 8.88. The minimum Gasteiger partial charge on any atom is -0.480 e. The van der Waals surface area contributed by atoms with Gasteiger partial charge in [0.05, 0.1) is 6.61 Å². The van der Waals surface area contributed by atoms with Crippen molar-refractivity contribution in [1.29, 1.82) is 0 Å². The van der Waals surface area contributed by atoms with Crippen molar-refractivity contribution < 1.29 is 34.2 Å². The van der Waals surface area contributed by atoms with E-state index in [2.05, 4.69) is 20.9 Å². The molecule has 0 saturated heterocycles. The molecule has 3 rings (SSSR count). The monoisotopic (exact) mass is 566 g/mol. The number of nitrogens with one attached hydrogen (secondary N) is 4. The van der Waals surface area contributed by atoms with Crippen LogP contribution >= 0.6 is 0 Å². The van der Waals surface area contributed by atoms with Gasteiger partial charge in [0.15, 0.2) is 0 Å². The third-order valence-corrected chi connectivity index (χ3v) is 6.48. The Hall–Kier alpha value is -4.75. The summed E-state index contributed by atoms with van der Waals surface area (Å²) in [6.45, 7) is -0.640. The predicted molar refractivity (Wildman–Crippen MR) is 149 cm³/mol. The van der Waals surface area contributed by atoms with Crippen molar-refractivity contribution in [3.8, 4) is 0 Å². The molecule has 0 saturated carbocycles. The van der Waals surface area contributed by atoms with Crippen molar-refractivity contribution in [2.45, 2.75) is 49.9 Å². The van der Waals surface area contributed by atoms with Crippen LogP contribution in [-0.2, 0) is 36.8 Å². The summed E-state index contributed by atoms with van der Waals surface area (Å²) in [7, 11) is 0.